The number of nitrogens with one attached hydrogen (secondary N) is 1. The molecule has 0 saturated carbocycles. The van der Waals surface area contributed by atoms with Gasteiger partial charge in [0.1, 0.15) is 6.61 Å². The molecule has 27 heavy (non-hydrogen) atoms. The van der Waals surface area contributed by atoms with Crippen molar-refractivity contribution in [3.8, 4) is 11.5 Å². The lowest BCUT2D eigenvalue weighted by Crippen LogP contribution is -2.16. The van der Waals surface area contributed by atoms with E-state index in [1.165, 1.54) is 0 Å². The highest BCUT2D eigenvalue weighted by molar-refractivity contribution is 9.10. The zero-order chi connectivity index (χ0) is 19.8. The molecule has 0 saturated heterocycles. The Bertz CT molecular complexity index is 733. The summed E-state index contributed by atoms with van der Waals surface area (Å²) >= 11 is 16.1. The Labute approximate surface area is 180 Å². The zero-order valence-corrected chi connectivity index (χ0v) is 19.0. The summed E-state index contributed by atoms with van der Waals surface area (Å²) in [5, 5.41) is 4.64. The first-order valence-electron chi connectivity index (χ1n) is 9.14. The smallest absolute Gasteiger partial charge is 0.175 e. The predicted octanol–water partition coefficient (Wildman–Crippen LogP) is 6.87. The molecule has 3 nitrogen and oxygen atoms in total. The molecule has 0 radical (unpaired) electrons. The lowest BCUT2D eigenvalue weighted by Gasteiger charge is -2.17. The maximum atomic E-state index is 6.24. The predicted molar refractivity (Wildman–Crippen MR) is 117 cm³/mol. The van der Waals surface area contributed by atoms with Crippen molar-refractivity contribution in [2.45, 2.75) is 40.3 Å². The SMILES string of the molecule is CCOc1cc(CNCCC(C)C)cc(Br)c1OCc1c(Cl)cccc1Cl. The molecule has 0 atom stereocenters. The molecule has 148 valence electrons. The van der Waals surface area contributed by atoms with Gasteiger partial charge in [0.25, 0.3) is 0 Å². The Hall–Kier alpha value is -0.940. The lowest BCUT2D eigenvalue weighted by molar-refractivity contribution is 0.267. The van der Waals surface area contributed by atoms with Crippen molar-refractivity contribution in [1.29, 1.82) is 0 Å². The average molecular weight is 475 g/mol. The summed E-state index contributed by atoms with van der Waals surface area (Å²) in [4.78, 5) is 0. The van der Waals surface area contributed by atoms with Crippen LogP contribution in [0.5, 0.6) is 11.5 Å². The third-order valence-corrected chi connectivity index (χ3v) is 5.32. The number of rotatable bonds is 10. The van der Waals surface area contributed by atoms with Gasteiger partial charge in [0.2, 0.25) is 0 Å². The van der Waals surface area contributed by atoms with Crippen molar-refractivity contribution in [3.63, 3.8) is 0 Å². The molecular weight excluding hydrogens is 449 g/mol. The van der Waals surface area contributed by atoms with E-state index < -0.39 is 0 Å². The molecule has 0 unspecified atom stereocenters. The molecular formula is C21H26BrCl2NO2. The summed E-state index contributed by atoms with van der Waals surface area (Å²) in [6.45, 7) is 9.00. The van der Waals surface area contributed by atoms with Crippen LogP contribution in [-0.4, -0.2) is 13.2 Å². The van der Waals surface area contributed by atoms with Crippen LogP contribution in [0.1, 0.15) is 38.3 Å². The number of benzene rings is 2. The molecule has 0 aliphatic heterocycles. The van der Waals surface area contributed by atoms with Crippen molar-refractivity contribution < 1.29 is 9.47 Å². The van der Waals surface area contributed by atoms with Crippen LogP contribution < -0.4 is 14.8 Å². The van der Waals surface area contributed by atoms with Crippen molar-refractivity contribution >= 4 is 39.1 Å². The average Bonchev–Trinajstić information content (AvgIpc) is 2.60. The molecule has 2 aromatic rings. The number of halogens is 3. The summed E-state index contributed by atoms with van der Waals surface area (Å²) in [5.41, 5.74) is 1.90. The van der Waals surface area contributed by atoms with E-state index in [0.29, 0.717) is 34.1 Å². The van der Waals surface area contributed by atoms with Crippen LogP contribution in [-0.2, 0) is 13.2 Å². The largest absolute Gasteiger partial charge is 0.490 e. The molecule has 0 aliphatic rings. The Balaban J connectivity index is 2.13. The number of ether oxygens (including phenoxy) is 2. The second-order valence-electron chi connectivity index (χ2n) is 6.69. The first kappa shape index (κ1) is 22.4. The monoisotopic (exact) mass is 473 g/mol. The highest BCUT2D eigenvalue weighted by atomic mass is 79.9. The molecule has 0 aromatic heterocycles. The summed E-state index contributed by atoms with van der Waals surface area (Å²) in [7, 11) is 0. The Kier molecular flexibility index (Phi) is 9.24. The second kappa shape index (κ2) is 11.2. The van der Waals surface area contributed by atoms with Gasteiger partial charge in [-0.3, -0.25) is 0 Å². The van der Waals surface area contributed by atoms with Gasteiger partial charge in [0.15, 0.2) is 11.5 Å². The van der Waals surface area contributed by atoms with E-state index in [9.17, 15) is 0 Å². The second-order valence-corrected chi connectivity index (χ2v) is 8.35. The molecule has 0 heterocycles. The first-order valence-corrected chi connectivity index (χ1v) is 10.7. The van der Waals surface area contributed by atoms with Crippen LogP contribution in [0.25, 0.3) is 0 Å². The number of hydrogen-bond acceptors (Lipinski definition) is 3. The minimum Gasteiger partial charge on any atom is -0.490 e. The molecule has 2 aromatic carbocycles. The van der Waals surface area contributed by atoms with Gasteiger partial charge in [-0.2, -0.15) is 0 Å². The van der Waals surface area contributed by atoms with Gasteiger partial charge in [-0.25, -0.2) is 0 Å². The van der Waals surface area contributed by atoms with Gasteiger partial charge in [-0.15, -0.1) is 0 Å². The molecule has 0 aliphatic carbocycles. The van der Waals surface area contributed by atoms with E-state index in [2.05, 4.69) is 41.2 Å². The third-order valence-electron chi connectivity index (χ3n) is 4.02. The Morgan fingerprint density at radius 2 is 1.81 bits per heavy atom. The van der Waals surface area contributed by atoms with Crippen LogP contribution in [0.2, 0.25) is 10.0 Å². The molecule has 0 amide bonds. The summed E-state index contributed by atoms with van der Waals surface area (Å²) in [6, 6.07) is 9.48. The molecule has 6 heteroatoms. The summed E-state index contributed by atoms with van der Waals surface area (Å²) < 4.78 is 12.7. The molecule has 0 spiro atoms. The molecule has 0 fully saturated rings. The van der Waals surface area contributed by atoms with Crippen LogP contribution in [0.3, 0.4) is 0 Å². The minimum atomic E-state index is 0.267. The highest BCUT2D eigenvalue weighted by Gasteiger charge is 2.14. The van der Waals surface area contributed by atoms with Gasteiger partial charge in [-0.1, -0.05) is 43.1 Å². The zero-order valence-electron chi connectivity index (χ0n) is 16.0. The lowest BCUT2D eigenvalue weighted by atomic mass is 10.1. The minimum absolute atomic E-state index is 0.267. The van der Waals surface area contributed by atoms with Crippen LogP contribution in [0.4, 0.5) is 0 Å². The van der Waals surface area contributed by atoms with Crippen LogP contribution in [0, 0.1) is 5.92 Å². The maximum absolute atomic E-state index is 6.24. The Morgan fingerprint density at radius 3 is 2.44 bits per heavy atom. The van der Waals surface area contributed by atoms with Gasteiger partial charge < -0.3 is 14.8 Å². The van der Waals surface area contributed by atoms with E-state index in [4.69, 9.17) is 32.7 Å². The van der Waals surface area contributed by atoms with Crippen molar-refractivity contribution in [1.82, 2.24) is 5.32 Å². The quantitative estimate of drug-likeness (QED) is 0.381. The summed E-state index contributed by atoms with van der Waals surface area (Å²) in [5.74, 6) is 2.05. The van der Waals surface area contributed by atoms with Gasteiger partial charge in [-0.05, 0) is 71.6 Å². The van der Waals surface area contributed by atoms with E-state index in [1.807, 2.05) is 19.1 Å². The Morgan fingerprint density at radius 1 is 1.11 bits per heavy atom. The van der Waals surface area contributed by atoms with E-state index >= 15 is 0 Å². The maximum Gasteiger partial charge on any atom is 0.175 e. The fourth-order valence-electron chi connectivity index (χ4n) is 2.56. The van der Waals surface area contributed by atoms with Crippen molar-refractivity contribution in [3.05, 3.63) is 56.0 Å². The van der Waals surface area contributed by atoms with E-state index in [-0.39, 0.29) is 6.61 Å². The van der Waals surface area contributed by atoms with Gasteiger partial charge in [0, 0.05) is 22.2 Å². The first-order chi connectivity index (χ1) is 12.9. The van der Waals surface area contributed by atoms with Crippen LogP contribution >= 0.6 is 39.1 Å². The topological polar surface area (TPSA) is 30.5 Å². The van der Waals surface area contributed by atoms with Gasteiger partial charge >= 0.3 is 0 Å². The fourth-order valence-corrected chi connectivity index (χ4v) is 3.67. The normalized spacial score (nSPS) is 11.1. The molecule has 2 rings (SSSR count). The standard InChI is InChI=1S/C21H26BrCl2NO2/c1-4-26-20-11-15(12-25-9-8-14(2)3)10-17(22)21(20)27-13-16-18(23)6-5-7-19(16)24/h5-7,10-11,14,25H,4,8-9,12-13H2,1-3H3. The van der Waals surface area contributed by atoms with Crippen molar-refractivity contribution in [2.75, 3.05) is 13.2 Å². The number of hydrogen-bond donors (Lipinski definition) is 1. The third kappa shape index (κ3) is 6.86. The van der Waals surface area contributed by atoms with E-state index in [1.54, 1.807) is 12.1 Å². The fraction of sp³-hybridized carbons (Fsp3) is 0.429. The van der Waals surface area contributed by atoms with Crippen LogP contribution in [0.15, 0.2) is 34.8 Å². The van der Waals surface area contributed by atoms with Gasteiger partial charge in [0.05, 0.1) is 11.1 Å². The van der Waals surface area contributed by atoms with E-state index in [0.717, 1.165) is 35.1 Å². The van der Waals surface area contributed by atoms with Crippen molar-refractivity contribution in [2.24, 2.45) is 5.92 Å². The molecule has 1 N–H and O–H groups in total. The molecule has 0 bridgehead atoms. The highest BCUT2D eigenvalue weighted by Crippen LogP contribution is 2.38. The summed E-state index contributed by atoms with van der Waals surface area (Å²) in [6.07, 6.45) is 1.15.